The van der Waals surface area contributed by atoms with Gasteiger partial charge in [-0.05, 0) is 30.5 Å². The van der Waals surface area contributed by atoms with Gasteiger partial charge in [-0.15, -0.1) is 0 Å². The van der Waals surface area contributed by atoms with E-state index in [9.17, 15) is 15.0 Å². The SMILES string of the molecule is NC[C@H](c1ccc(O)cc1)C1(C(=O)O)CCC1. The molecule has 1 fully saturated rings. The van der Waals surface area contributed by atoms with E-state index in [1.54, 1.807) is 24.3 Å². The van der Waals surface area contributed by atoms with Crippen molar-refractivity contribution in [2.75, 3.05) is 6.54 Å². The average molecular weight is 235 g/mol. The van der Waals surface area contributed by atoms with Crippen molar-refractivity contribution in [1.82, 2.24) is 0 Å². The van der Waals surface area contributed by atoms with E-state index in [0.29, 0.717) is 19.4 Å². The lowest BCUT2D eigenvalue weighted by atomic mass is 9.59. The minimum absolute atomic E-state index is 0.172. The number of benzene rings is 1. The molecule has 4 N–H and O–H groups in total. The third-order valence-corrected chi connectivity index (χ3v) is 3.87. The summed E-state index contributed by atoms with van der Waals surface area (Å²) < 4.78 is 0. The number of phenolic OH excluding ortho intramolecular Hbond substituents is 1. The van der Waals surface area contributed by atoms with Crippen LogP contribution in [0.3, 0.4) is 0 Å². The normalized spacial score (nSPS) is 19.4. The molecule has 0 aromatic heterocycles. The molecule has 0 saturated heterocycles. The molecule has 1 atom stereocenters. The Balaban J connectivity index is 2.32. The summed E-state index contributed by atoms with van der Waals surface area (Å²) in [5.74, 6) is -0.746. The number of nitrogens with two attached hydrogens (primary N) is 1. The zero-order chi connectivity index (χ0) is 12.5. The fourth-order valence-corrected chi connectivity index (χ4v) is 2.66. The molecule has 1 aromatic rings. The summed E-state index contributed by atoms with van der Waals surface area (Å²) in [5.41, 5.74) is 5.94. The zero-order valence-corrected chi connectivity index (χ0v) is 9.60. The molecule has 0 heterocycles. The summed E-state index contributed by atoms with van der Waals surface area (Å²) in [7, 11) is 0. The van der Waals surface area contributed by atoms with Crippen LogP contribution in [-0.4, -0.2) is 22.7 Å². The molecule has 4 heteroatoms. The van der Waals surface area contributed by atoms with Gasteiger partial charge < -0.3 is 15.9 Å². The van der Waals surface area contributed by atoms with Crippen LogP contribution in [0.2, 0.25) is 0 Å². The Bertz CT molecular complexity index is 409. The van der Waals surface area contributed by atoms with Crippen molar-refractivity contribution in [3.8, 4) is 5.75 Å². The first-order valence-electron chi connectivity index (χ1n) is 5.82. The molecule has 0 aliphatic heterocycles. The maximum atomic E-state index is 11.4. The van der Waals surface area contributed by atoms with E-state index < -0.39 is 11.4 Å². The Morgan fingerprint density at radius 2 is 1.94 bits per heavy atom. The first-order chi connectivity index (χ1) is 8.10. The Hall–Kier alpha value is -1.55. The third kappa shape index (κ3) is 1.89. The summed E-state index contributed by atoms with van der Waals surface area (Å²) in [4.78, 5) is 11.4. The highest BCUT2D eigenvalue weighted by Crippen LogP contribution is 2.51. The predicted octanol–water partition coefficient (Wildman–Crippen LogP) is 1.69. The summed E-state index contributed by atoms with van der Waals surface area (Å²) in [6.45, 7) is 0.317. The number of phenols is 1. The summed E-state index contributed by atoms with van der Waals surface area (Å²) in [6.07, 6.45) is 2.32. The molecule has 4 nitrogen and oxygen atoms in total. The van der Waals surface area contributed by atoms with Crippen LogP contribution in [0.5, 0.6) is 5.75 Å². The van der Waals surface area contributed by atoms with Crippen LogP contribution in [0, 0.1) is 5.41 Å². The molecule has 2 rings (SSSR count). The quantitative estimate of drug-likeness (QED) is 0.741. The van der Waals surface area contributed by atoms with Gasteiger partial charge in [0.15, 0.2) is 0 Å². The fraction of sp³-hybridized carbons (Fsp3) is 0.462. The van der Waals surface area contributed by atoms with Crippen molar-refractivity contribution < 1.29 is 15.0 Å². The van der Waals surface area contributed by atoms with Crippen molar-refractivity contribution in [2.45, 2.75) is 25.2 Å². The monoisotopic (exact) mass is 235 g/mol. The lowest BCUT2D eigenvalue weighted by molar-refractivity contribution is -0.156. The molecule has 0 spiro atoms. The minimum Gasteiger partial charge on any atom is -0.508 e. The molecule has 1 saturated carbocycles. The van der Waals surface area contributed by atoms with Crippen LogP contribution in [0.15, 0.2) is 24.3 Å². The van der Waals surface area contributed by atoms with Gasteiger partial charge in [-0.1, -0.05) is 18.6 Å². The van der Waals surface area contributed by atoms with Crippen LogP contribution >= 0.6 is 0 Å². The number of carboxylic acids is 1. The smallest absolute Gasteiger partial charge is 0.310 e. The maximum absolute atomic E-state index is 11.4. The van der Waals surface area contributed by atoms with Crippen LogP contribution in [-0.2, 0) is 4.79 Å². The molecule has 17 heavy (non-hydrogen) atoms. The fourth-order valence-electron chi connectivity index (χ4n) is 2.66. The molecule has 1 aliphatic carbocycles. The molecule has 1 aromatic carbocycles. The summed E-state index contributed by atoms with van der Waals surface area (Å²) >= 11 is 0. The maximum Gasteiger partial charge on any atom is 0.310 e. The molecule has 0 bridgehead atoms. The Kier molecular flexibility index (Phi) is 3.07. The molecule has 0 amide bonds. The highest BCUT2D eigenvalue weighted by molar-refractivity contribution is 5.77. The van der Waals surface area contributed by atoms with Crippen molar-refractivity contribution in [3.05, 3.63) is 29.8 Å². The van der Waals surface area contributed by atoms with E-state index >= 15 is 0 Å². The van der Waals surface area contributed by atoms with E-state index in [1.807, 2.05) is 0 Å². The highest BCUT2D eigenvalue weighted by atomic mass is 16.4. The number of carboxylic acid groups (broad SMARTS) is 1. The molecular formula is C13H17NO3. The largest absolute Gasteiger partial charge is 0.508 e. The van der Waals surface area contributed by atoms with Crippen molar-refractivity contribution in [3.63, 3.8) is 0 Å². The first kappa shape index (κ1) is 11.9. The van der Waals surface area contributed by atoms with E-state index in [4.69, 9.17) is 5.73 Å². The molecule has 92 valence electrons. The van der Waals surface area contributed by atoms with Gasteiger partial charge in [-0.25, -0.2) is 0 Å². The lowest BCUT2D eigenvalue weighted by Crippen LogP contribution is -2.45. The van der Waals surface area contributed by atoms with Gasteiger partial charge in [0.05, 0.1) is 5.41 Å². The van der Waals surface area contributed by atoms with Crippen LogP contribution < -0.4 is 5.73 Å². The summed E-state index contributed by atoms with van der Waals surface area (Å²) in [5, 5.41) is 18.6. The first-order valence-corrected chi connectivity index (χ1v) is 5.82. The zero-order valence-electron chi connectivity index (χ0n) is 9.60. The minimum atomic E-state index is -0.757. The predicted molar refractivity (Wildman–Crippen MR) is 63.8 cm³/mol. The van der Waals surface area contributed by atoms with Gasteiger partial charge in [-0.3, -0.25) is 4.79 Å². The Morgan fingerprint density at radius 3 is 2.29 bits per heavy atom. The molecule has 0 radical (unpaired) electrons. The van der Waals surface area contributed by atoms with E-state index in [-0.39, 0.29) is 11.7 Å². The number of carbonyl (C=O) groups is 1. The molecular weight excluding hydrogens is 218 g/mol. The molecule has 0 unspecified atom stereocenters. The topological polar surface area (TPSA) is 83.5 Å². The van der Waals surface area contributed by atoms with Gasteiger partial charge in [0.25, 0.3) is 0 Å². The number of hydrogen-bond acceptors (Lipinski definition) is 3. The van der Waals surface area contributed by atoms with Crippen molar-refractivity contribution in [2.24, 2.45) is 11.1 Å². The van der Waals surface area contributed by atoms with Gasteiger partial charge in [0, 0.05) is 12.5 Å². The van der Waals surface area contributed by atoms with Crippen LogP contribution in [0.1, 0.15) is 30.7 Å². The van der Waals surface area contributed by atoms with Crippen LogP contribution in [0.25, 0.3) is 0 Å². The second kappa shape index (κ2) is 4.37. The number of aliphatic carboxylic acids is 1. The number of aromatic hydroxyl groups is 1. The van der Waals surface area contributed by atoms with E-state index in [1.165, 1.54) is 0 Å². The summed E-state index contributed by atoms with van der Waals surface area (Å²) in [6, 6.07) is 6.67. The Labute approximate surface area is 100 Å². The van der Waals surface area contributed by atoms with Gasteiger partial charge in [0.2, 0.25) is 0 Å². The van der Waals surface area contributed by atoms with Gasteiger partial charge in [-0.2, -0.15) is 0 Å². The van der Waals surface area contributed by atoms with Gasteiger partial charge >= 0.3 is 5.97 Å². The average Bonchev–Trinajstić information content (AvgIpc) is 2.24. The second-order valence-electron chi connectivity index (χ2n) is 4.69. The number of rotatable bonds is 4. The third-order valence-electron chi connectivity index (χ3n) is 3.87. The second-order valence-corrected chi connectivity index (χ2v) is 4.69. The Morgan fingerprint density at radius 1 is 1.35 bits per heavy atom. The highest BCUT2D eigenvalue weighted by Gasteiger charge is 2.50. The van der Waals surface area contributed by atoms with Crippen LogP contribution in [0.4, 0.5) is 0 Å². The van der Waals surface area contributed by atoms with Crippen molar-refractivity contribution >= 4 is 5.97 Å². The molecule has 1 aliphatic rings. The lowest BCUT2D eigenvalue weighted by Gasteiger charge is -2.44. The number of hydrogen-bond donors (Lipinski definition) is 3. The van der Waals surface area contributed by atoms with E-state index in [0.717, 1.165) is 12.0 Å². The standard InChI is InChI=1S/C13H17NO3/c14-8-11(9-2-4-10(15)5-3-9)13(12(16)17)6-1-7-13/h2-5,11,15H,1,6-8,14H2,(H,16,17)/t11-/m1/s1. The van der Waals surface area contributed by atoms with Crippen molar-refractivity contribution in [1.29, 1.82) is 0 Å². The van der Waals surface area contributed by atoms with Gasteiger partial charge in [0.1, 0.15) is 5.75 Å². The van der Waals surface area contributed by atoms with E-state index in [2.05, 4.69) is 0 Å².